The fourth-order valence-corrected chi connectivity index (χ4v) is 2.38. The zero-order valence-corrected chi connectivity index (χ0v) is 12.2. The molecule has 0 spiro atoms. The van der Waals surface area contributed by atoms with E-state index >= 15 is 0 Å². The van der Waals surface area contributed by atoms with Crippen molar-refractivity contribution in [2.75, 3.05) is 6.61 Å². The molecule has 3 aromatic rings. The van der Waals surface area contributed by atoms with Gasteiger partial charge in [0.2, 0.25) is 5.88 Å². The minimum atomic E-state index is 0.618. The molecule has 0 atom stereocenters. The van der Waals surface area contributed by atoms with Gasteiger partial charge in [-0.05, 0) is 31.4 Å². The molecule has 0 unspecified atom stereocenters. The molecule has 2 heterocycles. The number of aromatic nitrogens is 3. The number of hydrogen-bond donors (Lipinski definition) is 1. The van der Waals surface area contributed by atoms with Crippen molar-refractivity contribution < 1.29 is 4.74 Å². The number of fused-ring (bicyclic) bond motifs is 1. The van der Waals surface area contributed by atoms with Crippen LogP contribution < -0.4 is 4.74 Å². The molecule has 0 saturated heterocycles. The Labute approximate surface area is 124 Å². The first-order valence-electron chi connectivity index (χ1n) is 7.37. The van der Waals surface area contributed by atoms with Crippen LogP contribution in [-0.4, -0.2) is 21.6 Å². The minimum absolute atomic E-state index is 0.618. The summed E-state index contributed by atoms with van der Waals surface area (Å²) in [6, 6.07) is 14.4. The molecule has 2 aromatic heterocycles. The van der Waals surface area contributed by atoms with Crippen molar-refractivity contribution in [3.05, 3.63) is 53.9 Å². The highest BCUT2D eigenvalue weighted by Gasteiger charge is 2.05. The Morgan fingerprint density at radius 2 is 1.86 bits per heavy atom. The number of H-pyrrole nitrogens is 1. The van der Waals surface area contributed by atoms with Gasteiger partial charge in [-0.1, -0.05) is 30.3 Å². The first kappa shape index (κ1) is 13.6. The molecule has 0 saturated carbocycles. The van der Waals surface area contributed by atoms with Gasteiger partial charge in [-0.15, -0.1) is 0 Å². The standard InChI is InChI=1S/C17H19N3O/c1-2-21-16-12-11-14-17(20-16)19-15(18-14)10-6-9-13-7-4-3-5-8-13/h3-5,7-8,11-12H,2,6,9-10H2,1H3,(H,18,19,20). The van der Waals surface area contributed by atoms with Gasteiger partial charge >= 0.3 is 0 Å². The van der Waals surface area contributed by atoms with E-state index in [9.17, 15) is 0 Å². The maximum absolute atomic E-state index is 5.40. The van der Waals surface area contributed by atoms with Crippen LogP contribution in [0.25, 0.3) is 11.2 Å². The molecule has 0 amide bonds. The summed E-state index contributed by atoms with van der Waals surface area (Å²) < 4.78 is 5.40. The van der Waals surface area contributed by atoms with Crippen LogP contribution in [0, 0.1) is 0 Å². The molecule has 0 fully saturated rings. The average molecular weight is 281 g/mol. The van der Waals surface area contributed by atoms with Crippen LogP contribution in [0.2, 0.25) is 0 Å². The van der Waals surface area contributed by atoms with E-state index in [0.717, 1.165) is 36.3 Å². The van der Waals surface area contributed by atoms with Crippen LogP contribution in [-0.2, 0) is 12.8 Å². The second kappa shape index (κ2) is 6.39. The van der Waals surface area contributed by atoms with Crippen LogP contribution >= 0.6 is 0 Å². The second-order valence-electron chi connectivity index (χ2n) is 4.98. The van der Waals surface area contributed by atoms with Crippen molar-refractivity contribution in [1.29, 1.82) is 0 Å². The van der Waals surface area contributed by atoms with Crippen LogP contribution in [0.4, 0.5) is 0 Å². The molecule has 4 nitrogen and oxygen atoms in total. The lowest BCUT2D eigenvalue weighted by Gasteiger charge is -1.99. The summed E-state index contributed by atoms with van der Waals surface area (Å²) in [5.74, 6) is 1.62. The lowest BCUT2D eigenvalue weighted by molar-refractivity contribution is 0.328. The molecule has 108 valence electrons. The molecule has 3 rings (SSSR count). The number of nitrogens with zero attached hydrogens (tertiary/aromatic N) is 2. The molecule has 0 radical (unpaired) electrons. The Kier molecular flexibility index (Phi) is 4.15. The highest BCUT2D eigenvalue weighted by molar-refractivity contribution is 5.71. The van der Waals surface area contributed by atoms with Gasteiger partial charge in [-0.2, -0.15) is 4.98 Å². The fourth-order valence-electron chi connectivity index (χ4n) is 2.38. The zero-order valence-electron chi connectivity index (χ0n) is 12.2. The number of hydrogen-bond acceptors (Lipinski definition) is 3. The number of aromatic amines is 1. The van der Waals surface area contributed by atoms with Crippen molar-refractivity contribution in [2.24, 2.45) is 0 Å². The summed E-state index contributed by atoms with van der Waals surface area (Å²) in [6.07, 6.45) is 3.06. The van der Waals surface area contributed by atoms with E-state index in [0.29, 0.717) is 12.5 Å². The van der Waals surface area contributed by atoms with Crippen LogP contribution in [0.15, 0.2) is 42.5 Å². The molecule has 0 aliphatic carbocycles. The molecular weight excluding hydrogens is 262 g/mol. The predicted molar refractivity (Wildman–Crippen MR) is 83.5 cm³/mol. The third-order valence-corrected chi connectivity index (χ3v) is 3.38. The highest BCUT2D eigenvalue weighted by atomic mass is 16.5. The molecule has 21 heavy (non-hydrogen) atoms. The number of benzene rings is 1. The van der Waals surface area contributed by atoms with E-state index in [4.69, 9.17) is 4.74 Å². The van der Waals surface area contributed by atoms with Crippen molar-refractivity contribution in [3.8, 4) is 5.88 Å². The SMILES string of the molecule is CCOc1ccc2[nH]c(CCCc3ccccc3)nc2n1. The van der Waals surface area contributed by atoms with E-state index in [-0.39, 0.29) is 0 Å². The molecule has 4 heteroatoms. The van der Waals surface area contributed by atoms with E-state index in [1.165, 1.54) is 5.56 Å². The minimum Gasteiger partial charge on any atom is -0.478 e. The lowest BCUT2D eigenvalue weighted by atomic mass is 10.1. The molecule has 0 bridgehead atoms. The Morgan fingerprint density at radius 1 is 1.00 bits per heavy atom. The quantitative estimate of drug-likeness (QED) is 0.752. The van der Waals surface area contributed by atoms with E-state index in [1.54, 1.807) is 0 Å². The van der Waals surface area contributed by atoms with Crippen molar-refractivity contribution in [2.45, 2.75) is 26.2 Å². The first-order valence-corrected chi connectivity index (χ1v) is 7.37. The third kappa shape index (κ3) is 3.40. The van der Waals surface area contributed by atoms with Crippen molar-refractivity contribution in [1.82, 2.24) is 15.0 Å². The third-order valence-electron chi connectivity index (χ3n) is 3.38. The molecule has 1 N–H and O–H groups in total. The second-order valence-corrected chi connectivity index (χ2v) is 4.98. The lowest BCUT2D eigenvalue weighted by Crippen LogP contribution is -1.94. The van der Waals surface area contributed by atoms with Crippen molar-refractivity contribution in [3.63, 3.8) is 0 Å². The van der Waals surface area contributed by atoms with E-state index in [2.05, 4.69) is 39.2 Å². The first-order chi connectivity index (χ1) is 10.3. The maximum Gasteiger partial charge on any atom is 0.215 e. The van der Waals surface area contributed by atoms with Gasteiger partial charge in [0.1, 0.15) is 5.82 Å². The van der Waals surface area contributed by atoms with Crippen molar-refractivity contribution >= 4 is 11.2 Å². The van der Waals surface area contributed by atoms with Gasteiger partial charge in [0.05, 0.1) is 12.1 Å². The predicted octanol–water partition coefficient (Wildman–Crippen LogP) is 3.53. The summed E-state index contributed by atoms with van der Waals surface area (Å²) in [6.45, 7) is 2.57. The average Bonchev–Trinajstić information content (AvgIpc) is 2.91. The normalized spacial score (nSPS) is 10.9. The molecule has 0 aliphatic heterocycles. The summed E-state index contributed by atoms with van der Waals surface area (Å²) in [4.78, 5) is 12.2. The summed E-state index contributed by atoms with van der Waals surface area (Å²) in [7, 11) is 0. The number of imidazole rings is 1. The maximum atomic E-state index is 5.40. The van der Waals surface area contributed by atoms with Gasteiger partial charge in [-0.3, -0.25) is 0 Å². The Bertz CT molecular complexity index is 706. The highest BCUT2D eigenvalue weighted by Crippen LogP contribution is 2.15. The largest absolute Gasteiger partial charge is 0.478 e. The fraction of sp³-hybridized carbons (Fsp3) is 0.294. The van der Waals surface area contributed by atoms with Gasteiger partial charge in [0.25, 0.3) is 0 Å². The Balaban J connectivity index is 1.64. The summed E-state index contributed by atoms with van der Waals surface area (Å²) in [5.41, 5.74) is 3.06. The summed E-state index contributed by atoms with van der Waals surface area (Å²) >= 11 is 0. The Hall–Kier alpha value is -2.36. The number of aryl methyl sites for hydroxylation is 2. The number of pyridine rings is 1. The smallest absolute Gasteiger partial charge is 0.215 e. The van der Waals surface area contributed by atoms with Crippen LogP contribution in [0.3, 0.4) is 0 Å². The van der Waals surface area contributed by atoms with E-state index < -0.39 is 0 Å². The van der Waals surface area contributed by atoms with Gasteiger partial charge in [0, 0.05) is 12.5 Å². The monoisotopic (exact) mass is 281 g/mol. The summed E-state index contributed by atoms with van der Waals surface area (Å²) in [5, 5.41) is 0. The number of rotatable bonds is 6. The number of ether oxygens (including phenoxy) is 1. The van der Waals surface area contributed by atoms with Crippen LogP contribution in [0.1, 0.15) is 24.7 Å². The molecular formula is C17H19N3O. The van der Waals surface area contributed by atoms with Gasteiger partial charge in [-0.25, -0.2) is 4.98 Å². The number of nitrogens with one attached hydrogen (secondary N) is 1. The Morgan fingerprint density at radius 3 is 2.67 bits per heavy atom. The topological polar surface area (TPSA) is 50.8 Å². The zero-order chi connectivity index (χ0) is 14.5. The van der Waals surface area contributed by atoms with Crippen LogP contribution in [0.5, 0.6) is 5.88 Å². The molecule has 1 aromatic carbocycles. The van der Waals surface area contributed by atoms with E-state index in [1.807, 2.05) is 25.1 Å². The van der Waals surface area contributed by atoms with Gasteiger partial charge in [0.15, 0.2) is 5.65 Å². The molecule has 0 aliphatic rings. The van der Waals surface area contributed by atoms with Gasteiger partial charge < -0.3 is 9.72 Å².